The minimum Gasteiger partial charge on any atom is -0.389 e. The maximum absolute atomic E-state index is 10.8. The van der Waals surface area contributed by atoms with Crippen molar-refractivity contribution in [1.29, 1.82) is 0 Å². The van der Waals surface area contributed by atoms with Gasteiger partial charge in [-0.3, -0.25) is 0 Å². The molecule has 1 saturated carbocycles. The van der Waals surface area contributed by atoms with Crippen molar-refractivity contribution in [3.63, 3.8) is 0 Å². The van der Waals surface area contributed by atoms with Crippen LogP contribution in [0.2, 0.25) is 0 Å². The Morgan fingerprint density at radius 3 is 2.56 bits per heavy atom. The van der Waals surface area contributed by atoms with Crippen molar-refractivity contribution in [2.75, 3.05) is 6.61 Å². The summed E-state index contributed by atoms with van der Waals surface area (Å²) in [5.41, 5.74) is -0.418. The lowest BCUT2D eigenvalue weighted by atomic mass is 9.70. The van der Waals surface area contributed by atoms with Crippen molar-refractivity contribution in [2.24, 2.45) is 11.8 Å². The van der Waals surface area contributed by atoms with Gasteiger partial charge in [-0.15, -0.1) is 0 Å². The molecule has 2 fully saturated rings. The Bertz CT molecular complexity index is 221. The SMILES string of the molecule is CCC1CC(O)(C2CCC(C)CC2)CCO1. The lowest BCUT2D eigenvalue weighted by Crippen LogP contribution is -2.47. The Morgan fingerprint density at radius 2 is 1.94 bits per heavy atom. The Hall–Kier alpha value is -0.0800. The second-order valence-electron chi connectivity index (χ2n) is 5.92. The van der Waals surface area contributed by atoms with Crippen LogP contribution in [0.1, 0.15) is 58.8 Å². The van der Waals surface area contributed by atoms with Crippen molar-refractivity contribution >= 4 is 0 Å². The third-order valence-corrected chi connectivity index (χ3v) is 4.70. The van der Waals surface area contributed by atoms with Crippen LogP contribution in [0.3, 0.4) is 0 Å². The fraction of sp³-hybridized carbons (Fsp3) is 1.00. The lowest BCUT2D eigenvalue weighted by molar-refractivity contribution is -0.139. The van der Waals surface area contributed by atoms with Gasteiger partial charge in [0.25, 0.3) is 0 Å². The smallest absolute Gasteiger partial charge is 0.0722 e. The molecule has 0 radical (unpaired) electrons. The van der Waals surface area contributed by atoms with Crippen LogP contribution in [0.5, 0.6) is 0 Å². The molecule has 1 aliphatic carbocycles. The van der Waals surface area contributed by atoms with Crippen LogP contribution in [-0.2, 0) is 4.74 Å². The van der Waals surface area contributed by atoms with Crippen LogP contribution in [0.25, 0.3) is 0 Å². The van der Waals surface area contributed by atoms with Crippen molar-refractivity contribution in [3.8, 4) is 0 Å². The van der Waals surface area contributed by atoms with Gasteiger partial charge in [0.05, 0.1) is 11.7 Å². The molecule has 2 unspecified atom stereocenters. The molecular weight excluding hydrogens is 200 g/mol. The highest BCUT2D eigenvalue weighted by Crippen LogP contribution is 2.41. The van der Waals surface area contributed by atoms with Crippen LogP contribution in [0.4, 0.5) is 0 Å². The Kier molecular flexibility index (Phi) is 3.91. The maximum Gasteiger partial charge on any atom is 0.0722 e. The van der Waals surface area contributed by atoms with Crippen LogP contribution >= 0.6 is 0 Å². The Balaban J connectivity index is 1.95. The Labute approximate surface area is 99.4 Å². The number of hydrogen-bond donors (Lipinski definition) is 1. The molecule has 0 amide bonds. The predicted molar refractivity (Wildman–Crippen MR) is 65.3 cm³/mol. The molecule has 1 N–H and O–H groups in total. The van der Waals surface area contributed by atoms with Gasteiger partial charge in [-0.05, 0) is 37.5 Å². The highest BCUT2D eigenvalue weighted by molar-refractivity contribution is 4.93. The van der Waals surface area contributed by atoms with E-state index in [9.17, 15) is 5.11 Å². The summed E-state index contributed by atoms with van der Waals surface area (Å²) in [4.78, 5) is 0. The Morgan fingerprint density at radius 1 is 1.25 bits per heavy atom. The average Bonchev–Trinajstić information content (AvgIpc) is 2.29. The van der Waals surface area contributed by atoms with Gasteiger partial charge in [-0.25, -0.2) is 0 Å². The largest absolute Gasteiger partial charge is 0.389 e. The molecule has 0 aromatic heterocycles. The first-order valence-electron chi connectivity index (χ1n) is 6.98. The normalized spacial score (nSPS) is 45.6. The third kappa shape index (κ3) is 2.60. The van der Waals surface area contributed by atoms with E-state index >= 15 is 0 Å². The van der Waals surface area contributed by atoms with E-state index in [0.29, 0.717) is 5.92 Å². The molecule has 2 heteroatoms. The van der Waals surface area contributed by atoms with E-state index in [1.165, 1.54) is 25.7 Å². The molecule has 2 aliphatic rings. The minimum absolute atomic E-state index is 0.290. The molecule has 1 heterocycles. The van der Waals surface area contributed by atoms with Crippen LogP contribution in [0.15, 0.2) is 0 Å². The van der Waals surface area contributed by atoms with E-state index in [2.05, 4.69) is 13.8 Å². The number of hydrogen-bond acceptors (Lipinski definition) is 2. The minimum atomic E-state index is -0.418. The van der Waals surface area contributed by atoms with E-state index in [1.54, 1.807) is 0 Å². The van der Waals surface area contributed by atoms with Crippen molar-refractivity contribution < 1.29 is 9.84 Å². The van der Waals surface area contributed by atoms with Crippen molar-refractivity contribution in [2.45, 2.75) is 70.5 Å². The zero-order valence-electron chi connectivity index (χ0n) is 10.7. The topological polar surface area (TPSA) is 29.5 Å². The van der Waals surface area contributed by atoms with Crippen LogP contribution in [-0.4, -0.2) is 23.4 Å². The summed E-state index contributed by atoms with van der Waals surface area (Å²) in [6.45, 7) is 5.24. The first-order valence-corrected chi connectivity index (χ1v) is 6.98. The van der Waals surface area contributed by atoms with Gasteiger partial charge in [0.2, 0.25) is 0 Å². The second kappa shape index (κ2) is 5.05. The summed E-state index contributed by atoms with van der Waals surface area (Å²) in [7, 11) is 0. The molecule has 0 aromatic rings. The van der Waals surface area contributed by atoms with Gasteiger partial charge in [0.15, 0.2) is 0 Å². The summed E-state index contributed by atoms with van der Waals surface area (Å²) < 4.78 is 5.67. The standard InChI is InChI=1S/C14H26O2/c1-3-13-10-14(15,8-9-16-13)12-6-4-11(2)5-7-12/h11-13,15H,3-10H2,1-2H3. The van der Waals surface area contributed by atoms with Crippen molar-refractivity contribution in [1.82, 2.24) is 0 Å². The summed E-state index contributed by atoms with van der Waals surface area (Å²) in [5.74, 6) is 1.39. The molecule has 1 aliphatic heterocycles. The maximum atomic E-state index is 10.8. The third-order valence-electron chi connectivity index (χ3n) is 4.70. The van der Waals surface area contributed by atoms with E-state index in [-0.39, 0.29) is 6.10 Å². The summed E-state index contributed by atoms with van der Waals surface area (Å²) >= 11 is 0. The monoisotopic (exact) mass is 226 g/mol. The lowest BCUT2D eigenvalue weighted by Gasteiger charge is -2.44. The first kappa shape index (κ1) is 12.4. The number of rotatable bonds is 2. The molecule has 0 bridgehead atoms. The quantitative estimate of drug-likeness (QED) is 0.784. The van der Waals surface area contributed by atoms with Crippen LogP contribution < -0.4 is 0 Å². The molecule has 2 nitrogen and oxygen atoms in total. The van der Waals surface area contributed by atoms with E-state index in [1.807, 2.05) is 0 Å². The van der Waals surface area contributed by atoms with Crippen molar-refractivity contribution in [3.05, 3.63) is 0 Å². The molecule has 1 saturated heterocycles. The molecule has 0 spiro atoms. The van der Waals surface area contributed by atoms with Gasteiger partial charge in [-0.1, -0.05) is 26.7 Å². The summed E-state index contributed by atoms with van der Waals surface area (Å²) in [6.07, 6.45) is 8.06. The zero-order chi connectivity index (χ0) is 11.6. The molecular formula is C14H26O2. The van der Waals surface area contributed by atoms with Gasteiger partial charge < -0.3 is 9.84 Å². The predicted octanol–water partition coefficient (Wildman–Crippen LogP) is 3.13. The summed E-state index contributed by atoms with van der Waals surface area (Å²) in [6, 6.07) is 0. The molecule has 2 rings (SSSR count). The van der Waals surface area contributed by atoms with Gasteiger partial charge >= 0.3 is 0 Å². The number of ether oxygens (including phenoxy) is 1. The molecule has 16 heavy (non-hydrogen) atoms. The molecule has 0 aromatic carbocycles. The highest BCUT2D eigenvalue weighted by atomic mass is 16.5. The average molecular weight is 226 g/mol. The second-order valence-corrected chi connectivity index (χ2v) is 5.92. The number of aliphatic hydroxyl groups is 1. The van der Waals surface area contributed by atoms with E-state index in [4.69, 9.17) is 4.74 Å². The van der Waals surface area contributed by atoms with Crippen LogP contribution in [0, 0.1) is 11.8 Å². The summed E-state index contributed by atoms with van der Waals surface area (Å²) in [5, 5.41) is 10.8. The van der Waals surface area contributed by atoms with Gasteiger partial charge in [0.1, 0.15) is 0 Å². The van der Waals surface area contributed by atoms with Gasteiger partial charge in [0, 0.05) is 13.0 Å². The fourth-order valence-electron chi connectivity index (χ4n) is 3.39. The first-order chi connectivity index (χ1) is 7.64. The van der Waals surface area contributed by atoms with E-state index in [0.717, 1.165) is 31.8 Å². The molecule has 2 atom stereocenters. The highest BCUT2D eigenvalue weighted by Gasteiger charge is 2.42. The van der Waals surface area contributed by atoms with E-state index < -0.39 is 5.60 Å². The fourth-order valence-corrected chi connectivity index (χ4v) is 3.39. The van der Waals surface area contributed by atoms with Gasteiger partial charge in [-0.2, -0.15) is 0 Å². The molecule has 94 valence electrons. The zero-order valence-corrected chi connectivity index (χ0v) is 10.7.